The second-order valence-electron chi connectivity index (χ2n) is 3.00. The fraction of sp³-hybridized carbons (Fsp3) is 0.300. The van der Waals surface area contributed by atoms with E-state index >= 15 is 0 Å². The molecule has 0 radical (unpaired) electrons. The van der Waals surface area contributed by atoms with Crippen molar-refractivity contribution in [1.82, 2.24) is 0 Å². The van der Waals surface area contributed by atoms with Crippen molar-refractivity contribution in [1.29, 1.82) is 0 Å². The number of ether oxygens (including phenoxy) is 1. The SMILES string of the molecule is O=C(CCCO)Oc1c(Cl)cc(Br)cc1Cl. The Morgan fingerprint density at radius 2 is 1.94 bits per heavy atom. The summed E-state index contributed by atoms with van der Waals surface area (Å²) in [5.41, 5.74) is 0. The number of carbonyl (C=O) groups excluding carboxylic acids is 1. The first-order valence-electron chi connectivity index (χ1n) is 4.50. The van der Waals surface area contributed by atoms with Crippen LogP contribution in [0.1, 0.15) is 12.8 Å². The first-order valence-corrected chi connectivity index (χ1v) is 6.05. The first kappa shape index (κ1) is 13.8. The van der Waals surface area contributed by atoms with Crippen molar-refractivity contribution in [2.45, 2.75) is 12.8 Å². The van der Waals surface area contributed by atoms with Crippen molar-refractivity contribution in [2.75, 3.05) is 6.61 Å². The lowest BCUT2D eigenvalue weighted by molar-refractivity contribution is -0.134. The summed E-state index contributed by atoms with van der Waals surface area (Å²) in [5, 5.41) is 9.08. The predicted molar refractivity (Wildman–Crippen MR) is 66.1 cm³/mol. The molecule has 16 heavy (non-hydrogen) atoms. The summed E-state index contributed by atoms with van der Waals surface area (Å²) in [4.78, 5) is 11.3. The molecular formula is C10H9BrCl2O3. The van der Waals surface area contributed by atoms with Crippen molar-refractivity contribution >= 4 is 45.1 Å². The molecule has 88 valence electrons. The van der Waals surface area contributed by atoms with Gasteiger partial charge in [0.15, 0.2) is 5.75 Å². The molecule has 1 N–H and O–H groups in total. The van der Waals surface area contributed by atoms with Crippen LogP contribution >= 0.6 is 39.1 Å². The fourth-order valence-corrected chi connectivity index (χ4v) is 2.30. The van der Waals surface area contributed by atoms with Crippen LogP contribution in [0.3, 0.4) is 0 Å². The molecule has 0 spiro atoms. The van der Waals surface area contributed by atoms with Gasteiger partial charge in [-0.2, -0.15) is 0 Å². The van der Waals surface area contributed by atoms with Gasteiger partial charge in [-0.05, 0) is 18.6 Å². The smallest absolute Gasteiger partial charge is 0.311 e. The molecule has 0 aliphatic carbocycles. The Balaban J connectivity index is 2.77. The average Bonchev–Trinajstić information content (AvgIpc) is 2.20. The minimum Gasteiger partial charge on any atom is -0.423 e. The Morgan fingerprint density at radius 3 is 2.44 bits per heavy atom. The van der Waals surface area contributed by atoms with E-state index in [4.69, 9.17) is 33.0 Å². The highest BCUT2D eigenvalue weighted by molar-refractivity contribution is 9.10. The highest BCUT2D eigenvalue weighted by atomic mass is 79.9. The van der Waals surface area contributed by atoms with Crippen LogP contribution in [0.2, 0.25) is 10.0 Å². The summed E-state index contributed by atoms with van der Waals surface area (Å²) in [7, 11) is 0. The topological polar surface area (TPSA) is 46.5 Å². The zero-order valence-electron chi connectivity index (χ0n) is 8.17. The molecule has 0 heterocycles. The quantitative estimate of drug-likeness (QED) is 0.680. The third-order valence-corrected chi connectivity index (χ3v) is 2.74. The molecule has 0 aliphatic rings. The summed E-state index contributed by atoms with van der Waals surface area (Å²) in [6.45, 7) is -0.0586. The van der Waals surface area contributed by atoms with E-state index in [0.29, 0.717) is 10.9 Å². The molecule has 1 rings (SSSR count). The van der Waals surface area contributed by atoms with Gasteiger partial charge in [0, 0.05) is 17.5 Å². The number of hydrogen-bond acceptors (Lipinski definition) is 3. The van der Waals surface area contributed by atoms with Gasteiger partial charge in [0.25, 0.3) is 0 Å². The third kappa shape index (κ3) is 3.94. The second-order valence-corrected chi connectivity index (χ2v) is 4.73. The maximum Gasteiger partial charge on any atom is 0.311 e. The van der Waals surface area contributed by atoms with Crippen molar-refractivity contribution in [3.8, 4) is 5.75 Å². The van der Waals surface area contributed by atoms with Crippen molar-refractivity contribution in [3.63, 3.8) is 0 Å². The molecule has 0 saturated heterocycles. The summed E-state index contributed by atoms with van der Waals surface area (Å²) in [6, 6.07) is 3.17. The van der Waals surface area contributed by atoms with E-state index in [1.165, 1.54) is 0 Å². The highest BCUT2D eigenvalue weighted by Gasteiger charge is 2.13. The van der Waals surface area contributed by atoms with E-state index in [9.17, 15) is 4.79 Å². The zero-order chi connectivity index (χ0) is 12.1. The molecule has 0 saturated carbocycles. The number of benzene rings is 1. The summed E-state index contributed by atoms with van der Waals surface area (Å²) < 4.78 is 5.70. The molecule has 6 heteroatoms. The molecule has 3 nitrogen and oxygen atoms in total. The Morgan fingerprint density at radius 1 is 1.38 bits per heavy atom. The lowest BCUT2D eigenvalue weighted by atomic mass is 10.3. The van der Waals surface area contributed by atoms with Crippen LogP contribution in [0.15, 0.2) is 16.6 Å². The van der Waals surface area contributed by atoms with E-state index in [-0.39, 0.29) is 28.8 Å². The Labute approximate surface area is 111 Å². The fourth-order valence-electron chi connectivity index (χ4n) is 1.01. The summed E-state index contributed by atoms with van der Waals surface area (Å²) in [6.07, 6.45) is 0.476. The summed E-state index contributed by atoms with van der Waals surface area (Å²) in [5.74, 6) is -0.324. The number of halogens is 3. The number of rotatable bonds is 4. The van der Waals surface area contributed by atoms with Crippen LogP contribution in [0.25, 0.3) is 0 Å². The highest BCUT2D eigenvalue weighted by Crippen LogP contribution is 2.36. The molecule has 0 aliphatic heterocycles. The van der Waals surface area contributed by atoms with Crippen molar-refractivity contribution in [2.24, 2.45) is 0 Å². The van der Waals surface area contributed by atoms with Crippen LogP contribution in [0, 0.1) is 0 Å². The van der Waals surface area contributed by atoms with E-state index in [1.807, 2.05) is 0 Å². The minimum atomic E-state index is -0.472. The molecule has 1 aromatic rings. The van der Waals surface area contributed by atoms with Crippen LogP contribution in [0.5, 0.6) is 5.75 Å². The number of carbonyl (C=O) groups is 1. The number of hydrogen-bond donors (Lipinski definition) is 1. The molecular weight excluding hydrogens is 319 g/mol. The number of aliphatic hydroxyl groups excluding tert-OH is 1. The molecule has 0 bridgehead atoms. The van der Waals surface area contributed by atoms with Gasteiger partial charge < -0.3 is 9.84 Å². The maximum atomic E-state index is 11.3. The lowest BCUT2D eigenvalue weighted by Crippen LogP contribution is -2.09. The zero-order valence-corrected chi connectivity index (χ0v) is 11.3. The molecule has 0 aromatic heterocycles. The van der Waals surface area contributed by atoms with Gasteiger partial charge in [0.2, 0.25) is 0 Å². The van der Waals surface area contributed by atoms with E-state index in [0.717, 1.165) is 0 Å². The maximum absolute atomic E-state index is 11.3. The average molecular weight is 328 g/mol. The van der Waals surface area contributed by atoms with Gasteiger partial charge in [0.05, 0.1) is 10.0 Å². The van der Waals surface area contributed by atoms with E-state index in [1.54, 1.807) is 12.1 Å². The lowest BCUT2D eigenvalue weighted by Gasteiger charge is -2.08. The van der Waals surface area contributed by atoms with Crippen molar-refractivity contribution in [3.05, 3.63) is 26.7 Å². The molecule has 0 atom stereocenters. The van der Waals surface area contributed by atoms with Gasteiger partial charge in [-0.3, -0.25) is 4.79 Å². The van der Waals surface area contributed by atoms with Crippen molar-refractivity contribution < 1.29 is 14.6 Å². The largest absolute Gasteiger partial charge is 0.423 e. The predicted octanol–water partition coefficient (Wildman–Crippen LogP) is 3.43. The van der Waals surface area contributed by atoms with E-state index in [2.05, 4.69) is 15.9 Å². The second kappa shape index (κ2) is 6.45. The van der Waals surface area contributed by atoms with Crippen LogP contribution in [0.4, 0.5) is 0 Å². The van der Waals surface area contributed by atoms with Gasteiger partial charge in [-0.1, -0.05) is 39.1 Å². The minimum absolute atomic E-state index is 0.0586. The Hall–Kier alpha value is -0.290. The molecule has 1 aromatic carbocycles. The van der Waals surface area contributed by atoms with Crippen LogP contribution in [-0.2, 0) is 4.79 Å². The molecule has 0 unspecified atom stereocenters. The first-order chi connectivity index (χ1) is 7.54. The van der Waals surface area contributed by atoms with Gasteiger partial charge in [0.1, 0.15) is 0 Å². The molecule has 0 amide bonds. The molecule has 0 fully saturated rings. The monoisotopic (exact) mass is 326 g/mol. The van der Waals surface area contributed by atoms with E-state index < -0.39 is 5.97 Å². The number of aliphatic hydroxyl groups is 1. The van der Waals surface area contributed by atoms with Gasteiger partial charge in [-0.25, -0.2) is 0 Å². The van der Waals surface area contributed by atoms with Gasteiger partial charge in [-0.15, -0.1) is 0 Å². The third-order valence-electron chi connectivity index (χ3n) is 1.72. The Kier molecular flexibility index (Phi) is 5.55. The Bertz CT molecular complexity index is 373. The van der Waals surface area contributed by atoms with Crippen LogP contribution in [-0.4, -0.2) is 17.7 Å². The van der Waals surface area contributed by atoms with Crippen LogP contribution < -0.4 is 4.74 Å². The summed E-state index contributed by atoms with van der Waals surface area (Å²) >= 11 is 15.0. The normalized spacial score (nSPS) is 10.2. The standard InChI is InChI=1S/C10H9BrCl2O3/c11-6-4-7(12)10(8(13)5-6)16-9(15)2-1-3-14/h4-5,14H,1-3H2. The van der Waals surface area contributed by atoms with Gasteiger partial charge >= 0.3 is 5.97 Å². The number of esters is 1.